The van der Waals surface area contributed by atoms with Gasteiger partial charge in [0.15, 0.2) is 5.96 Å². The number of hydrogen-bond donors (Lipinski definition) is 18. The number of rotatable bonds is 20. The lowest BCUT2D eigenvalue weighted by molar-refractivity contribution is -0.149. The van der Waals surface area contributed by atoms with Gasteiger partial charge in [0.25, 0.3) is 0 Å². The molecule has 18 N–H and O–H groups in total. The maximum atomic E-state index is 15.0. The topological polar surface area (TPSA) is 523 Å². The van der Waals surface area contributed by atoms with Crippen molar-refractivity contribution in [1.82, 2.24) is 73.2 Å². The van der Waals surface area contributed by atoms with Gasteiger partial charge in [-0.25, -0.2) is 0 Å². The van der Waals surface area contributed by atoms with Crippen molar-refractivity contribution >= 4 is 120 Å². The van der Waals surface area contributed by atoms with Gasteiger partial charge >= 0.3 is 5.97 Å². The summed E-state index contributed by atoms with van der Waals surface area (Å²) < 4.78 is 0. The first-order valence-electron chi connectivity index (χ1n) is 37.0. The van der Waals surface area contributed by atoms with Crippen LogP contribution >= 0.6 is 25.3 Å². The number of carbonyl (C=O) groups is 15. The molecule has 0 saturated carbocycles. The van der Waals surface area contributed by atoms with Gasteiger partial charge in [0, 0.05) is 39.0 Å². The van der Waals surface area contributed by atoms with Crippen LogP contribution in [0, 0.1) is 11.8 Å². The number of thiol groups is 2. The maximum Gasteiger partial charge on any atom is 0.305 e. The quantitative estimate of drug-likeness (QED) is 0.0260. The normalized spacial score (nSPS) is 27.3. The van der Waals surface area contributed by atoms with E-state index in [1.165, 1.54) is 14.7 Å². The lowest BCUT2D eigenvalue weighted by atomic mass is 9.96. The number of carboxylic acids is 1. The number of aliphatic hydroxyl groups excluding tert-OH is 2. The van der Waals surface area contributed by atoms with E-state index in [0.717, 1.165) is 6.92 Å². The zero-order valence-corrected chi connectivity index (χ0v) is 63.9. The highest BCUT2D eigenvalue weighted by Crippen LogP contribution is 2.28. The van der Waals surface area contributed by atoms with E-state index in [0.29, 0.717) is 36.8 Å². The smallest absolute Gasteiger partial charge is 0.305 e. The molecule has 109 heavy (non-hydrogen) atoms. The zero-order chi connectivity index (χ0) is 80.2. The lowest BCUT2D eigenvalue weighted by Gasteiger charge is -2.35. The predicted molar refractivity (Wildman–Crippen MR) is 404 cm³/mol. The fourth-order valence-corrected chi connectivity index (χ4v) is 13.9. The number of benzene rings is 2. The Kier molecular flexibility index (Phi) is 35.3. The second kappa shape index (κ2) is 43.5. The third-order valence-corrected chi connectivity index (χ3v) is 20.4. The van der Waals surface area contributed by atoms with Crippen LogP contribution in [0.5, 0.6) is 0 Å². The van der Waals surface area contributed by atoms with Crippen LogP contribution in [0.4, 0.5) is 0 Å². The van der Waals surface area contributed by atoms with Crippen LogP contribution in [0.3, 0.4) is 0 Å². The predicted octanol–water partition coefficient (Wildman–Crippen LogP) is -3.94. The number of nitrogens with zero attached hydrogens (tertiary/aromatic N) is 4. The van der Waals surface area contributed by atoms with Crippen molar-refractivity contribution in [3.63, 3.8) is 0 Å². The summed E-state index contributed by atoms with van der Waals surface area (Å²) in [6, 6.07) is -2.44. The molecule has 16 atom stereocenters. The first-order valence-corrected chi connectivity index (χ1v) is 38.3. The number of aliphatic carboxylic acids is 1. The Bertz CT molecular complexity index is 3560. The molecule has 35 nitrogen and oxygen atoms in total. The van der Waals surface area contributed by atoms with Crippen molar-refractivity contribution in [2.75, 3.05) is 50.8 Å². The van der Waals surface area contributed by atoms with Crippen LogP contribution < -0.4 is 70.0 Å². The highest BCUT2D eigenvalue weighted by molar-refractivity contribution is 7.80. The fourth-order valence-electron chi connectivity index (χ4n) is 13.4. The van der Waals surface area contributed by atoms with Crippen molar-refractivity contribution in [2.45, 2.75) is 216 Å². The Balaban J connectivity index is 1.37. The van der Waals surface area contributed by atoms with Gasteiger partial charge in [0.05, 0.1) is 25.7 Å². The van der Waals surface area contributed by atoms with E-state index >= 15 is 0 Å². The van der Waals surface area contributed by atoms with E-state index in [1.54, 1.807) is 88.4 Å². The molecule has 37 heteroatoms. The van der Waals surface area contributed by atoms with Crippen molar-refractivity contribution < 1.29 is 87.2 Å². The zero-order valence-electron chi connectivity index (χ0n) is 62.1. The number of carboxylic acid groups (broad SMARTS) is 1. The second-order valence-corrected chi connectivity index (χ2v) is 28.8. The maximum absolute atomic E-state index is 15.0. The molecule has 4 saturated heterocycles. The number of guanidine groups is 1. The second-order valence-electron chi connectivity index (χ2n) is 27.9. The molecule has 4 aliphatic heterocycles. The minimum absolute atomic E-state index is 0.0159. The molecule has 2 aromatic rings. The lowest BCUT2D eigenvalue weighted by Crippen LogP contribution is -2.63. The molecule has 4 fully saturated rings. The van der Waals surface area contributed by atoms with E-state index in [4.69, 9.17) is 11.5 Å². The van der Waals surface area contributed by atoms with Crippen molar-refractivity contribution in [3.8, 4) is 0 Å². The summed E-state index contributed by atoms with van der Waals surface area (Å²) in [6.45, 7) is 6.18. The number of nitrogens with one attached hydrogen (secondary N) is 11. The third-order valence-electron chi connectivity index (χ3n) is 19.9. The van der Waals surface area contributed by atoms with Gasteiger partial charge in [-0.05, 0) is 106 Å². The van der Waals surface area contributed by atoms with Crippen LogP contribution in [0.25, 0.3) is 0 Å². The van der Waals surface area contributed by atoms with Crippen molar-refractivity contribution in [1.29, 1.82) is 0 Å². The first-order chi connectivity index (χ1) is 51.9. The molecule has 2 aromatic carbocycles. The van der Waals surface area contributed by atoms with E-state index in [2.05, 4.69) is 88.7 Å². The van der Waals surface area contributed by atoms with Gasteiger partial charge < -0.3 is 100.0 Å². The van der Waals surface area contributed by atoms with Gasteiger partial charge in [-0.15, -0.1) is 0 Å². The SMILES string of the molecule is CC[C@H](C)[C@@H]1NC(=O)[C@@H]2CCCN2C(=O)[C@@H]2CCCN2C(=O)[C@H]([C@@H](C)CC)NC(=O)[C@H](CO)NC(=O)[C@H](Cc2ccccc2)NC(=O)[C@H]([C@@H](C)O)NC(=O)[C@H](CCS)NC(=O)[C@H](CCCN=C(N)N)NC(=O)CNC(=O)[C@H](CC(=O)O)NC(=O)[C@@H]2CCCN2C(=O)[C@H](Cc2ccccc2)NC(=O)[C@H](CCS)NC1=O. The Morgan fingerprint density at radius 1 is 0.486 bits per heavy atom. The molecule has 0 bridgehead atoms. The number of aliphatic imine (C=N–C) groups is 1. The molecule has 0 aliphatic carbocycles. The molecule has 600 valence electrons. The van der Waals surface area contributed by atoms with Gasteiger partial charge in [0.1, 0.15) is 78.5 Å². The highest BCUT2D eigenvalue weighted by atomic mass is 32.1. The highest BCUT2D eigenvalue weighted by Gasteiger charge is 2.47. The fraction of sp³-hybridized carbons (Fsp3) is 0.611. The summed E-state index contributed by atoms with van der Waals surface area (Å²) in [6.07, 6.45) is -1.67. The summed E-state index contributed by atoms with van der Waals surface area (Å²) >= 11 is 8.65. The minimum Gasteiger partial charge on any atom is -0.481 e. The van der Waals surface area contributed by atoms with Crippen LogP contribution in [-0.4, -0.2) is 260 Å². The Morgan fingerprint density at radius 2 is 0.899 bits per heavy atom. The molecule has 14 amide bonds. The Morgan fingerprint density at radius 3 is 1.42 bits per heavy atom. The van der Waals surface area contributed by atoms with E-state index in [-0.39, 0.29) is 108 Å². The Hall–Kier alpha value is -9.62. The van der Waals surface area contributed by atoms with Crippen LogP contribution in [0.2, 0.25) is 0 Å². The van der Waals surface area contributed by atoms with Crippen LogP contribution in [-0.2, 0) is 84.8 Å². The third kappa shape index (κ3) is 25.8. The van der Waals surface area contributed by atoms with Gasteiger partial charge in [-0.1, -0.05) is 101 Å². The van der Waals surface area contributed by atoms with Crippen molar-refractivity contribution in [2.24, 2.45) is 28.3 Å². The minimum atomic E-state index is -1.87. The first kappa shape index (κ1) is 88.3. The molecular formula is C72H107N17O18S2. The van der Waals surface area contributed by atoms with E-state index in [9.17, 15) is 87.2 Å². The van der Waals surface area contributed by atoms with E-state index < -0.39 is 205 Å². The van der Waals surface area contributed by atoms with Crippen LogP contribution in [0.1, 0.15) is 129 Å². The molecule has 6 rings (SSSR count). The molecule has 4 aliphatic rings. The molecular weight excluding hydrogens is 1460 g/mol. The summed E-state index contributed by atoms with van der Waals surface area (Å²) in [7, 11) is 0. The summed E-state index contributed by atoms with van der Waals surface area (Å²) in [5, 5.41) is 60.0. The molecule has 0 aromatic heterocycles. The number of fused-ring (bicyclic) bond motifs is 3. The average Bonchev–Trinajstić information content (AvgIpc) is 1.64. The number of carbonyl (C=O) groups excluding carboxylic acids is 14. The van der Waals surface area contributed by atoms with E-state index in [1.807, 2.05) is 0 Å². The van der Waals surface area contributed by atoms with Crippen LogP contribution in [0.15, 0.2) is 65.7 Å². The molecule has 0 unspecified atom stereocenters. The van der Waals surface area contributed by atoms with Gasteiger partial charge in [-0.3, -0.25) is 76.9 Å². The Labute approximate surface area is 643 Å². The summed E-state index contributed by atoms with van der Waals surface area (Å²) in [5.41, 5.74) is 12.1. The summed E-state index contributed by atoms with van der Waals surface area (Å²) in [4.78, 5) is 223. The number of amides is 14. The molecule has 0 spiro atoms. The molecule has 4 heterocycles. The number of nitrogens with two attached hydrogens (primary N) is 2. The largest absolute Gasteiger partial charge is 0.481 e. The standard InChI is InChI=1S/C72H107N17O18S2/c1-6-39(3)56-67(103)79-45(26-32-108)61(97)82-49(35-43-20-12-9-13-21-43)69(105)87-29-15-23-51(87)65(101)80-48(36-55(93)94)59(95)76-37-54(92)77-44(22-14-28-75-72(73)74)60(96)78-46(27-33-109)62(98)86-58(41(5)91)68(104)81-47(34-42-18-10-8-11-19-42)63(99)83-50(38-90)64(100)85-57(40(4)7-2)71(107)89-31-17-25-53(89)70(106)88-30-16-24-52(88)66(102)84-56/h8-13,18-21,39-41,44-53,56-58,90-91,108-109H,6-7,14-17,22-38H2,1-5H3,(H,76,95)(H,77,92)(H,78,96)(H,79,103)(H,80,101)(H,81,104)(H,82,97)(H,83,99)(H,84,102)(H,85,100)(H,86,98)(H,93,94)(H4,73,74,75)/t39-,40-,41+,44-,45-,46-,47-,48-,49-,50-,51-,52-,53-,56-,57-,58-/m0/s1. The number of aliphatic hydroxyl groups is 2. The van der Waals surface area contributed by atoms with Gasteiger partial charge in [0.2, 0.25) is 82.7 Å². The van der Waals surface area contributed by atoms with Gasteiger partial charge in [-0.2, -0.15) is 25.3 Å². The molecule has 0 radical (unpaired) electrons. The van der Waals surface area contributed by atoms with Crippen molar-refractivity contribution in [3.05, 3.63) is 71.8 Å². The summed E-state index contributed by atoms with van der Waals surface area (Å²) in [5.74, 6) is -15.8. The average molecular weight is 1560 g/mol. The number of hydrogen-bond acceptors (Lipinski definition) is 20. The monoisotopic (exact) mass is 1560 g/mol.